The van der Waals surface area contributed by atoms with Gasteiger partial charge >= 0.3 is 0 Å². The number of hydrogen-bond donors (Lipinski definition) is 3. The molecule has 1 aromatic heterocycles. The average Bonchev–Trinajstić information content (AvgIpc) is 2.91. The molecule has 0 bridgehead atoms. The van der Waals surface area contributed by atoms with Crippen LogP contribution in [0.5, 0.6) is 0 Å². The van der Waals surface area contributed by atoms with E-state index in [1.54, 1.807) is 11.3 Å². The molecule has 3 atom stereocenters. The van der Waals surface area contributed by atoms with Crippen molar-refractivity contribution in [1.29, 1.82) is 0 Å². The van der Waals surface area contributed by atoms with Gasteiger partial charge < -0.3 is 20.5 Å². The number of aliphatic hydroxyl groups excluding tert-OH is 1. The Balaban J connectivity index is 1.66. The first-order valence-corrected chi connectivity index (χ1v) is 7.44. The van der Waals surface area contributed by atoms with Gasteiger partial charge in [-0.15, -0.1) is 0 Å². The minimum atomic E-state index is -0.408. The van der Waals surface area contributed by atoms with Crippen LogP contribution in [-0.2, 0) is 4.74 Å². The van der Waals surface area contributed by atoms with Crippen LogP contribution in [0.1, 0.15) is 25.0 Å². The molecule has 102 valence electrons. The third kappa shape index (κ3) is 4.33. The van der Waals surface area contributed by atoms with Gasteiger partial charge in [0.15, 0.2) is 0 Å². The topological polar surface area (TPSA) is 53.5 Å². The van der Waals surface area contributed by atoms with Gasteiger partial charge in [0.2, 0.25) is 0 Å². The summed E-state index contributed by atoms with van der Waals surface area (Å²) in [5.41, 5.74) is 0.999. The largest absolute Gasteiger partial charge is 0.387 e. The van der Waals surface area contributed by atoms with Crippen LogP contribution in [-0.4, -0.2) is 43.5 Å². The third-order valence-electron chi connectivity index (χ3n) is 3.22. The van der Waals surface area contributed by atoms with E-state index in [-0.39, 0.29) is 0 Å². The summed E-state index contributed by atoms with van der Waals surface area (Å²) in [6, 6.07) is 2.77. The molecule has 1 aromatic rings. The van der Waals surface area contributed by atoms with Crippen LogP contribution in [0.25, 0.3) is 0 Å². The van der Waals surface area contributed by atoms with Gasteiger partial charge in [0.05, 0.1) is 19.3 Å². The highest BCUT2D eigenvalue weighted by molar-refractivity contribution is 7.07. The lowest BCUT2D eigenvalue weighted by Crippen LogP contribution is -2.45. The third-order valence-corrected chi connectivity index (χ3v) is 3.93. The lowest BCUT2D eigenvalue weighted by Gasteiger charge is -2.27. The predicted molar refractivity (Wildman–Crippen MR) is 74.0 cm³/mol. The van der Waals surface area contributed by atoms with Crippen molar-refractivity contribution in [2.45, 2.75) is 31.5 Å². The Labute approximate surface area is 112 Å². The summed E-state index contributed by atoms with van der Waals surface area (Å²) in [4.78, 5) is 0. The van der Waals surface area contributed by atoms with Crippen molar-refractivity contribution in [2.24, 2.45) is 0 Å². The number of ether oxygens (including phenoxy) is 1. The highest BCUT2D eigenvalue weighted by Gasteiger charge is 2.17. The van der Waals surface area contributed by atoms with Crippen LogP contribution >= 0.6 is 11.3 Å². The second-order valence-corrected chi connectivity index (χ2v) is 5.62. The van der Waals surface area contributed by atoms with Crippen LogP contribution in [0.2, 0.25) is 0 Å². The Morgan fingerprint density at radius 3 is 3.22 bits per heavy atom. The van der Waals surface area contributed by atoms with Crippen molar-refractivity contribution in [2.75, 3.05) is 26.3 Å². The van der Waals surface area contributed by atoms with Crippen molar-refractivity contribution >= 4 is 11.3 Å². The quantitative estimate of drug-likeness (QED) is 0.725. The van der Waals surface area contributed by atoms with E-state index in [9.17, 15) is 5.11 Å². The molecule has 2 rings (SSSR count). The molecule has 1 aliphatic rings. The first-order valence-electron chi connectivity index (χ1n) is 6.50. The Hall–Kier alpha value is -0.460. The normalized spacial score (nSPS) is 23.8. The summed E-state index contributed by atoms with van der Waals surface area (Å²) in [5.74, 6) is 0. The highest BCUT2D eigenvalue weighted by atomic mass is 32.1. The van der Waals surface area contributed by atoms with Crippen LogP contribution in [0.4, 0.5) is 0 Å². The molecular weight excluding hydrogens is 248 g/mol. The van der Waals surface area contributed by atoms with E-state index < -0.39 is 6.10 Å². The number of aliphatic hydroxyl groups is 1. The van der Waals surface area contributed by atoms with Crippen molar-refractivity contribution in [3.63, 3.8) is 0 Å². The Morgan fingerprint density at radius 1 is 1.67 bits per heavy atom. The van der Waals surface area contributed by atoms with Gasteiger partial charge in [0, 0.05) is 25.2 Å². The van der Waals surface area contributed by atoms with Gasteiger partial charge in [0.25, 0.3) is 0 Å². The Bertz CT molecular complexity index is 326. The van der Waals surface area contributed by atoms with E-state index in [1.807, 2.05) is 16.8 Å². The number of morpholine rings is 1. The molecule has 3 unspecified atom stereocenters. The predicted octanol–water partition coefficient (Wildman–Crippen LogP) is 1.14. The minimum Gasteiger partial charge on any atom is -0.387 e. The maximum absolute atomic E-state index is 9.97. The molecule has 18 heavy (non-hydrogen) atoms. The smallest absolute Gasteiger partial charge is 0.0922 e. The van der Waals surface area contributed by atoms with Gasteiger partial charge in [-0.2, -0.15) is 11.3 Å². The SMILES string of the molecule is CC(CC1COCCN1)NCC(O)c1ccsc1. The van der Waals surface area contributed by atoms with E-state index in [0.29, 0.717) is 18.6 Å². The van der Waals surface area contributed by atoms with Gasteiger partial charge in [-0.05, 0) is 35.7 Å². The molecule has 5 heteroatoms. The van der Waals surface area contributed by atoms with Gasteiger partial charge in [-0.25, -0.2) is 0 Å². The maximum Gasteiger partial charge on any atom is 0.0922 e. The lowest BCUT2D eigenvalue weighted by atomic mass is 10.1. The zero-order valence-electron chi connectivity index (χ0n) is 10.8. The average molecular weight is 270 g/mol. The second kappa shape index (κ2) is 7.21. The van der Waals surface area contributed by atoms with Crippen molar-refractivity contribution < 1.29 is 9.84 Å². The summed E-state index contributed by atoms with van der Waals surface area (Å²) in [7, 11) is 0. The molecule has 3 N–H and O–H groups in total. The van der Waals surface area contributed by atoms with E-state index >= 15 is 0 Å². The minimum absolute atomic E-state index is 0.373. The van der Waals surface area contributed by atoms with E-state index in [0.717, 1.165) is 31.7 Å². The summed E-state index contributed by atoms with van der Waals surface area (Å²) in [5, 5.41) is 20.8. The van der Waals surface area contributed by atoms with Crippen molar-refractivity contribution in [1.82, 2.24) is 10.6 Å². The number of nitrogens with one attached hydrogen (secondary N) is 2. The standard InChI is InChI=1S/C13H22N2O2S/c1-10(6-12-8-17-4-3-14-12)15-7-13(16)11-2-5-18-9-11/h2,5,9-10,12-16H,3-4,6-8H2,1H3. The fourth-order valence-corrected chi connectivity index (χ4v) is 2.88. The zero-order valence-corrected chi connectivity index (χ0v) is 11.6. The van der Waals surface area contributed by atoms with Crippen molar-refractivity contribution in [3.8, 4) is 0 Å². The van der Waals surface area contributed by atoms with Crippen LogP contribution < -0.4 is 10.6 Å². The Kier molecular flexibility index (Phi) is 5.59. The molecule has 0 amide bonds. The van der Waals surface area contributed by atoms with Gasteiger partial charge in [-0.1, -0.05) is 0 Å². The summed E-state index contributed by atoms with van der Waals surface area (Å²) < 4.78 is 5.43. The number of hydrogen-bond acceptors (Lipinski definition) is 5. The van der Waals surface area contributed by atoms with Crippen LogP contribution in [0.15, 0.2) is 16.8 Å². The second-order valence-electron chi connectivity index (χ2n) is 4.84. The molecule has 1 aliphatic heterocycles. The van der Waals surface area contributed by atoms with Crippen molar-refractivity contribution in [3.05, 3.63) is 22.4 Å². The molecule has 0 aromatic carbocycles. The number of rotatable bonds is 6. The van der Waals surface area contributed by atoms with Crippen LogP contribution in [0.3, 0.4) is 0 Å². The van der Waals surface area contributed by atoms with E-state index in [1.165, 1.54) is 0 Å². The molecule has 0 spiro atoms. The zero-order chi connectivity index (χ0) is 12.8. The molecule has 0 aliphatic carbocycles. The fourth-order valence-electron chi connectivity index (χ4n) is 2.18. The molecule has 1 saturated heterocycles. The number of thiophene rings is 1. The monoisotopic (exact) mass is 270 g/mol. The molecule has 0 saturated carbocycles. The maximum atomic E-state index is 9.97. The summed E-state index contributed by atoms with van der Waals surface area (Å²) in [6.07, 6.45) is 0.616. The fraction of sp³-hybridized carbons (Fsp3) is 0.692. The van der Waals surface area contributed by atoms with Gasteiger partial charge in [0.1, 0.15) is 0 Å². The summed E-state index contributed by atoms with van der Waals surface area (Å²) >= 11 is 1.62. The Morgan fingerprint density at radius 2 is 2.56 bits per heavy atom. The molecule has 1 fully saturated rings. The van der Waals surface area contributed by atoms with Gasteiger partial charge in [-0.3, -0.25) is 0 Å². The van der Waals surface area contributed by atoms with E-state index in [2.05, 4.69) is 17.6 Å². The summed E-state index contributed by atoms with van der Waals surface area (Å²) in [6.45, 7) is 5.30. The molecule has 2 heterocycles. The highest BCUT2D eigenvalue weighted by Crippen LogP contribution is 2.15. The lowest BCUT2D eigenvalue weighted by molar-refractivity contribution is 0.0704. The first-order chi connectivity index (χ1) is 8.75. The molecular formula is C13H22N2O2S. The van der Waals surface area contributed by atoms with Crippen LogP contribution in [0, 0.1) is 0 Å². The van der Waals surface area contributed by atoms with E-state index in [4.69, 9.17) is 4.74 Å². The molecule has 0 radical (unpaired) electrons. The first kappa shape index (κ1) is 14.0. The molecule has 4 nitrogen and oxygen atoms in total.